The lowest BCUT2D eigenvalue weighted by Crippen LogP contribution is -2.17. The highest BCUT2D eigenvalue weighted by atomic mass is 31.2. The van der Waals surface area contributed by atoms with E-state index in [0.29, 0.717) is 30.9 Å². The van der Waals surface area contributed by atoms with Gasteiger partial charge in [-0.3, -0.25) is 0 Å². The van der Waals surface area contributed by atoms with Crippen molar-refractivity contribution < 1.29 is 13.9 Å². The summed E-state index contributed by atoms with van der Waals surface area (Å²) in [6.07, 6.45) is 2.56. The molecule has 0 amide bonds. The predicted molar refractivity (Wildman–Crippen MR) is 67.2 cm³/mol. The molecule has 0 unspecified atom stereocenters. The maximum atomic E-state index is 12.4. The number of rotatable bonds is 7. The van der Waals surface area contributed by atoms with E-state index >= 15 is 0 Å². The second kappa shape index (κ2) is 6.01. The molecule has 15 heavy (non-hydrogen) atoms. The van der Waals surface area contributed by atoms with Crippen LogP contribution in [0.15, 0.2) is 0 Å². The fraction of sp³-hybridized carbons (Fsp3) is 0.900. The van der Waals surface area contributed by atoms with Crippen LogP contribution in [0.25, 0.3) is 0 Å². The van der Waals surface area contributed by atoms with Crippen LogP contribution < -0.4 is 0 Å². The summed E-state index contributed by atoms with van der Waals surface area (Å²) < 4.78 is 24.9. The zero-order valence-electron chi connectivity index (χ0n) is 10.1. The molecular formula is C10H22O3P2. The lowest BCUT2D eigenvalue weighted by Gasteiger charge is -2.28. The van der Waals surface area contributed by atoms with Crippen molar-refractivity contribution in [3.8, 4) is 0 Å². The van der Waals surface area contributed by atoms with Gasteiger partial charge in [0.15, 0.2) is 0 Å². The van der Waals surface area contributed by atoms with Gasteiger partial charge in [-0.05, 0) is 24.6 Å². The van der Waals surface area contributed by atoms with Crippen LogP contribution in [0, 0.1) is 0 Å². The van der Waals surface area contributed by atoms with Crippen molar-refractivity contribution in [3.05, 3.63) is 0 Å². The highest BCUT2D eigenvalue weighted by Crippen LogP contribution is 2.66. The molecule has 90 valence electrons. The number of carbonyl (C=O) groups is 1. The van der Waals surface area contributed by atoms with Crippen LogP contribution in [0.5, 0.6) is 0 Å². The Labute approximate surface area is 92.8 Å². The van der Waals surface area contributed by atoms with Crippen LogP contribution in [0.3, 0.4) is 0 Å². The smallest absolute Gasteiger partial charge is 0.137 e. The number of hydrogen-bond acceptors (Lipinski definition) is 3. The van der Waals surface area contributed by atoms with Crippen LogP contribution in [0.2, 0.25) is 0 Å². The van der Waals surface area contributed by atoms with E-state index in [2.05, 4.69) is 0 Å². The molecule has 0 aromatic heterocycles. The molecule has 0 N–H and O–H groups in total. The topological polar surface area (TPSA) is 51.2 Å². The van der Waals surface area contributed by atoms with Gasteiger partial charge < -0.3 is 13.9 Å². The molecule has 0 radical (unpaired) electrons. The van der Waals surface area contributed by atoms with Crippen LogP contribution in [-0.4, -0.2) is 36.3 Å². The summed E-state index contributed by atoms with van der Waals surface area (Å²) in [4.78, 5) is 11.1. The Morgan fingerprint density at radius 1 is 0.867 bits per heavy atom. The van der Waals surface area contributed by atoms with Gasteiger partial charge in [0, 0.05) is 0 Å². The van der Waals surface area contributed by atoms with Gasteiger partial charge in [-0.25, -0.2) is 0 Å². The largest absolute Gasteiger partial charge is 0.322 e. The first-order valence-corrected chi connectivity index (χ1v) is 9.84. The number of hydrogen-bond donors (Lipinski definition) is 0. The van der Waals surface area contributed by atoms with Crippen molar-refractivity contribution in [3.63, 3.8) is 0 Å². The summed E-state index contributed by atoms with van der Waals surface area (Å²) >= 11 is 0. The van der Waals surface area contributed by atoms with Crippen molar-refractivity contribution in [2.75, 3.05) is 24.6 Å². The molecule has 0 spiro atoms. The first kappa shape index (κ1) is 15.1. The Bertz CT molecular complexity index is 257. The Morgan fingerprint density at radius 3 is 1.27 bits per heavy atom. The van der Waals surface area contributed by atoms with E-state index in [0.717, 1.165) is 0 Å². The van der Waals surface area contributed by atoms with Crippen LogP contribution in [-0.2, 0) is 13.9 Å². The third-order valence-corrected chi connectivity index (χ3v) is 12.2. The Morgan fingerprint density at radius 2 is 1.13 bits per heavy atom. The third-order valence-electron chi connectivity index (χ3n) is 3.23. The molecule has 0 aliphatic heterocycles. The quantitative estimate of drug-likeness (QED) is 0.516. The molecule has 0 aliphatic carbocycles. The van der Waals surface area contributed by atoms with E-state index in [1.54, 1.807) is 0 Å². The molecule has 3 nitrogen and oxygen atoms in total. The van der Waals surface area contributed by atoms with Gasteiger partial charge >= 0.3 is 0 Å². The van der Waals surface area contributed by atoms with Gasteiger partial charge in [-0.1, -0.05) is 27.7 Å². The van der Waals surface area contributed by atoms with Gasteiger partial charge in [-0.2, -0.15) is 0 Å². The van der Waals surface area contributed by atoms with Gasteiger partial charge in [0.2, 0.25) is 0 Å². The monoisotopic (exact) mass is 252 g/mol. The van der Waals surface area contributed by atoms with E-state index in [1.165, 1.54) is 0 Å². The minimum Gasteiger partial charge on any atom is -0.322 e. The van der Waals surface area contributed by atoms with Gasteiger partial charge in [0.25, 0.3) is 0 Å². The molecule has 0 aliphatic rings. The summed E-state index contributed by atoms with van der Waals surface area (Å²) in [6, 6.07) is 0. The maximum Gasteiger partial charge on any atom is 0.137 e. The zero-order chi connectivity index (χ0) is 12.1. The van der Waals surface area contributed by atoms with Crippen molar-refractivity contribution in [1.82, 2.24) is 0 Å². The molecule has 0 aromatic carbocycles. The Hall–Kier alpha value is 0.130. The van der Waals surface area contributed by atoms with E-state index in [1.807, 2.05) is 27.7 Å². The molecule has 0 heterocycles. The first-order valence-electron chi connectivity index (χ1n) is 5.54. The highest BCUT2D eigenvalue weighted by Gasteiger charge is 2.41. The third kappa shape index (κ3) is 3.04. The highest BCUT2D eigenvalue weighted by molar-refractivity contribution is 7.83. The maximum absolute atomic E-state index is 12.4. The molecule has 0 fully saturated rings. The van der Waals surface area contributed by atoms with Gasteiger partial charge in [-0.15, -0.1) is 0 Å². The van der Waals surface area contributed by atoms with Gasteiger partial charge in [0.1, 0.15) is 26.0 Å². The second-order valence-electron chi connectivity index (χ2n) is 3.72. The molecule has 0 atom stereocenters. The van der Waals surface area contributed by atoms with Crippen LogP contribution in [0.4, 0.5) is 0 Å². The van der Waals surface area contributed by atoms with E-state index in [-0.39, 0.29) is 0 Å². The molecule has 0 rings (SSSR count). The zero-order valence-corrected chi connectivity index (χ0v) is 11.9. The molecule has 0 aromatic rings. The van der Waals surface area contributed by atoms with Crippen LogP contribution >= 0.6 is 14.3 Å². The number of aldehydes is 1. The summed E-state index contributed by atoms with van der Waals surface area (Å²) in [7, 11) is -5.15. The number of carbonyl (C=O) groups excluding carboxylic acids is 1. The van der Waals surface area contributed by atoms with E-state index < -0.39 is 19.7 Å². The lowest BCUT2D eigenvalue weighted by atomic mass is 10.9. The van der Waals surface area contributed by atoms with Crippen molar-refractivity contribution >= 4 is 20.6 Å². The Balaban J connectivity index is 5.32. The predicted octanol–water partition coefficient (Wildman–Crippen LogP) is 3.32. The molecule has 0 saturated carbocycles. The lowest BCUT2D eigenvalue weighted by molar-refractivity contribution is -0.106. The van der Waals surface area contributed by atoms with Crippen LogP contribution in [0.1, 0.15) is 27.7 Å². The molecular weight excluding hydrogens is 230 g/mol. The van der Waals surface area contributed by atoms with E-state index in [4.69, 9.17) is 0 Å². The molecule has 0 saturated heterocycles. The standard InChI is InChI=1S/C10H22O3P2/c1-5-14(12,6-2)10(9-11)15(13,7-3)8-4/h9-10H,5-8H2,1-4H3. The summed E-state index contributed by atoms with van der Waals surface area (Å²) in [6.45, 7) is 7.26. The fourth-order valence-corrected chi connectivity index (χ4v) is 9.66. The normalized spacial score (nSPS) is 13.1. The first-order chi connectivity index (χ1) is 6.94. The minimum atomic E-state index is -2.58. The average Bonchev–Trinajstić information content (AvgIpc) is 2.29. The van der Waals surface area contributed by atoms with Crippen molar-refractivity contribution in [2.45, 2.75) is 33.1 Å². The van der Waals surface area contributed by atoms with Crippen molar-refractivity contribution in [2.24, 2.45) is 0 Å². The molecule has 5 heteroatoms. The fourth-order valence-electron chi connectivity index (χ4n) is 1.80. The summed E-state index contributed by atoms with van der Waals surface area (Å²) in [5, 5.41) is -0.699. The van der Waals surface area contributed by atoms with Crippen molar-refractivity contribution in [1.29, 1.82) is 0 Å². The van der Waals surface area contributed by atoms with E-state index in [9.17, 15) is 13.9 Å². The summed E-state index contributed by atoms with van der Waals surface area (Å²) in [5.41, 5.74) is 0. The summed E-state index contributed by atoms with van der Waals surface area (Å²) in [5.74, 6) is 0. The minimum absolute atomic E-state index is 0.469. The molecule has 0 bridgehead atoms. The Kier molecular flexibility index (Phi) is 6.06. The van der Waals surface area contributed by atoms with Gasteiger partial charge in [0.05, 0.1) is 0 Å². The second-order valence-corrected chi connectivity index (χ2v) is 11.6. The average molecular weight is 252 g/mol. The SMILES string of the molecule is CCP(=O)(CC)C(C=O)P(=O)(CC)CC.